The van der Waals surface area contributed by atoms with Gasteiger partial charge in [-0.1, -0.05) is 30.3 Å². The summed E-state index contributed by atoms with van der Waals surface area (Å²) in [5.41, 5.74) is 2.21. The van der Waals surface area contributed by atoms with Gasteiger partial charge in [-0.2, -0.15) is 0 Å². The van der Waals surface area contributed by atoms with E-state index in [0.29, 0.717) is 43.2 Å². The summed E-state index contributed by atoms with van der Waals surface area (Å²) in [6.07, 6.45) is 3.38. The summed E-state index contributed by atoms with van der Waals surface area (Å²) < 4.78 is 5.38. The van der Waals surface area contributed by atoms with Crippen LogP contribution in [-0.4, -0.2) is 53.2 Å². The maximum Gasteiger partial charge on any atom is 0.410 e. The second-order valence-corrected chi connectivity index (χ2v) is 7.19. The quantitative estimate of drug-likeness (QED) is 0.749. The Labute approximate surface area is 170 Å². The number of hydrogen-bond donors (Lipinski definition) is 2. The van der Waals surface area contributed by atoms with Gasteiger partial charge in [-0.15, -0.1) is 0 Å². The Kier molecular flexibility index (Phi) is 7.58. The van der Waals surface area contributed by atoms with Gasteiger partial charge in [0.1, 0.15) is 6.61 Å². The van der Waals surface area contributed by atoms with Gasteiger partial charge in [0.25, 0.3) is 5.91 Å². The van der Waals surface area contributed by atoms with Crippen LogP contribution >= 0.6 is 0 Å². The number of piperidine rings is 1. The lowest BCUT2D eigenvalue weighted by molar-refractivity contribution is 0.0800. The summed E-state index contributed by atoms with van der Waals surface area (Å²) in [6, 6.07) is 13.0. The van der Waals surface area contributed by atoms with Gasteiger partial charge in [-0.05, 0) is 36.5 Å². The molecule has 1 saturated heterocycles. The minimum Gasteiger partial charge on any atom is -0.445 e. The number of nitrogens with one attached hydrogen (secondary N) is 1. The van der Waals surface area contributed by atoms with Crippen molar-refractivity contribution in [1.82, 2.24) is 15.2 Å². The van der Waals surface area contributed by atoms with Crippen LogP contribution in [0.3, 0.4) is 0 Å². The minimum absolute atomic E-state index is 0.00439. The molecule has 0 bridgehead atoms. The first-order valence-corrected chi connectivity index (χ1v) is 9.95. The van der Waals surface area contributed by atoms with E-state index in [1.165, 1.54) is 0 Å². The number of aromatic nitrogens is 1. The van der Waals surface area contributed by atoms with Crippen molar-refractivity contribution >= 4 is 12.0 Å². The van der Waals surface area contributed by atoms with Gasteiger partial charge < -0.3 is 20.1 Å². The van der Waals surface area contributed by atoms with E-state index < -0.39 is 0 Å². The van der Waals surface area contributed by atoms with Crippen LogP contribution in [0.2, 0.25) is 0 Å². The molecule has 1 aromatic heterocycles. The Balaban J connectivity index is 1.38. The Morgan fingerprint density at radius 1 is 1.17 bits per heavy atom. The molecule has 0 saturated carbocycles. The fourth-order valence-corrected chi connectivity index (χ4v) is 3.34. The van der Waals surface area contributed by atoms with Gasteiger partial charge in [0.2, 0.25) is 0 Å². The summed E-state index contributed by atoms with van der Waals surface area (Å²) in [7, 11) is 0. The molecule has 154 valence electrons. The number of ether oxygens (including phenoxy) is 1. The second kappa shape index (κ2) is 10.6. The van der Waals surface area contributed by atoms with Crippen molar-refractivity contribution in [3.05, 3.63) is 65.5 Å². The number of amides is 2. The normalized spacial score (nSPS) is 14.4. The van der Waals surface area contributed by atoms with Gasteiger partial charge in [-0.25, -0.2) is 4.79 Å². The smallest absolute Gasteiger partial charge is 0.410 e. The third kappa shape index (κ3) is 6.29. The number of aliphatic hydroxyl groups is 1. The summed E-state index contributed by atoms with van der Waals surface area (Å²) in [6.45, 7) is 2.11. The highest BCUT2D eigenvalue weighted by Crippen LogP contribution is 2.18. The zero-order valence-electron chi connectivity index (χ0n) is 16.4. The molecule has 1 aliphatic heterocycles. The summed E-state index contributed by atoms with van der Waals surface area (Å²) in [5.74, 6) is 0.187. The molecule has 2 aromatic rings. The monoisotopic (exact) mass is 397 g/mol. The topological polar surface area (TPSA) is 91.8 Å². The Morgan fingerprint density at radius 2 is 1.93 bits per heavy atom. The van der Waals surface area contributed by atoms with E-state index >= 15 is 0 Å². The molecule has 7 heteroatoms. The number of carbonyl (C=O) groups is 2. The Hall–Kier alpha value is -2.93. The third-order valence-corrected chi connectivity index (χ3v) is 5.08. The first-order valence-electron chi connectivity index (χ1n) is 9.95. The van der Waals surface area contributed by atoms with Crippen molar-refractivity contribution in [3.8, 4) is 0 Å². The highest BCUT2D eigenvalue weighted by Gasteiger charge is 2.24. The highest BCUT2D eigenvalue weighted by atomic mass is 16.6. The maximum atomic E-state index is 12.4. The molecule has 1 aromatic carbocycles. The number of carbonyl (C=O) groups excluding carboxylic acids is 2. The van der Waals surface area contributed by atoms with E-state index in [2.05, 4.69) is 10.3 Å². The maximum absolute atomic E-state index is 12.4. The fourth-order valence-electron chi connectivity index (χ4n) is 3.34. The zero-order valence-corrected chi connectivity index (χ0v) is 16.4. The molecule has 0 aliphatic carbocycles. The van der Waals surface area contributed by atoms with Crippen molar-refractivity contribution in [1.29, 1.82) is 0 Å². The molecule has 0 atom stereocenters. The van der Waals surface area contributed by atoms with E-state index in [1.807, 2.05) is 30.3 Å². The van der Waals surface area contributed by atoms with E-state index in [4.69, 9.17) is 9.84 Å². The molecule has 0 spiro atoms. The number of pyridine rings is 1. The predicted molar refractivity (Wildman–Crippen MR) is 108 cm³/mol. The van der Waals surface area contributed by atoms with Gasteiger partial charge in [0.05, 0.1) is 0 Å². The molecule has 2 N–H and O–H groups in total. The standard InChI is InChI=1S/C22H27N3O4/c26-13-9-20-14-19(6-10-23-20)21(27)24-15-17-7-11-25(12-8-17)22(28)29-16-18-4-2-1-3-5-18/h1-6,10,14,17,26H,7-9,11-13,15-16H2,(H,24,27). The third-order valence-electron chi connectivity index (χ3n) is 5.08. The van der Waals surface area contributed by atoms with Crippen molar-refractivity contribution in [2.24, 2.45) is 5.92 Å². The Morgan fingerprint density at radius 3 is 2.66 bits per heavy atom. The summed E-state index contributed by atoms with van der Waals surface area (Å²) >= 11 is 0. The number of hydrogen-bond acceptors (Lipinski definition) is 5. The first kappa shape index (κ1) is 20.8. The minimum atomic E-state index is -0.287. The van der Waals surface area contributed by atoms with E-state index in [0.717, 1.165) is 18.4 Å². The van der Waals surface area contributed by atoms with Gasteiger partial charge >= 0.3 is 6.09 Å². The number of benzene rings is 1. The summed E-state index contributed by atoms with van der Waals surface area (Å²) in [5, 5.41) is 12.0. The summed E-state index contributed by atoms with van der Waals surface area (Å²) in [4.78, 5) is 30.4. The van der Waals surface area contributed by atoms with Gasteiger partial charge in [0, 0.05) is 50.1 Å². The lowest BCUT2D eigenvalue weighted by Crippen LogP contribution is -2.41. The SMILES string of the molecule is O=C(NCC1CCN(C(=O)OCc2ccccc2)CC1)c1ccnc(CCO)c1. The van der Waals surface area contributed by atoms with Crippen molar-refractivity contribution in [2.75, 3.05) is 26.2 Å². The van der Waals surface area contributed by atoms with Crippen LogP contribution < -0.4 is 5.32 Å². The predicted octanol–water partition coefficient (Wildman–Crippen LogP) is 2.40. The number of aliphatic hydroxyl groups excluding tert-OH is 1. The number of rotatable bonds is 7. The largest absolute Gasteiger partial charge is 0.445 e. The average molecular weight is 397 g/mol. The van der Waals surface area contributed by atoms with Crippen LogP contribution in [0.5, 0.6) is 0 Å². The molecule has 0 radical (unpaired) electrons. The molecule has 2 amide bonds. The first-order chi connectivity index (χ1) is 14.2. The fraction of sp³-hybridized carbons (Fsp3) is 0.409. The zero-order chi connectivity index (χ0) is 20.5. The van der Waals surface area contributed by atoms with Crippen LogP contribution in [0.1, 0.15) is 34.5 Å². The molecule has 7 nitrogen and oxygen atoms in total. The number of nitrogens with zero attached hydrogens (tertiary/aromatic N) is 2. The lowest BCUT2D eigenvalue weighted by Gasteiger charge is -2.31. The van der Waals surface area contributed by atoms with Crippen LogP contribution in [-0.2, 0) is 17.8 Å². The highest BCUT2D eigenvalue weighted by molar-refractivity contribution is 5.94. The number of likely N-dealkylation sites (tertiary alicyclic amines) is 1. The van der Waals surface area contributed by atoms with Crippen molar-refractivity contribution in [3.63, 3.8) is 0 Å². The molecular weight excluding hydrogens is 370 g/mol. The van der Waals surface area contributed by atoms with Gasteiger partial charge in [0.15, 0.2) is 0 Å². The molecule has 1 fully saturated rings. The molecule has 1 aliphatic rings. The lowest BCUT2D eigenvalue weighted by atomic mass is 9.97. The molecule has 2 heterocycles. The van der Waals surface area contributed by atoms with Crippen LogP contribution in [0.4, 0.5) is 4.79 Å². The van der Waals surface area contributed by atoms with Crippen LogP contribution in [0, 0.1) is 5.92 Å². The van der Waals surface area contributed by atoms with Crippen molar-refractivity contribution < 1.29 is 19.4 Å². The Bertz CT molecular complexity index is 805. The van der Waals surface area contributed by atoms with Crippen LogP contribution in [0.25, 0.3) is 0 Å². The van der Waals surface area contributed by atoms with E-state index in [1.54, 1.807) is 23.2 Å². The van der Waals surface area contributed by atoms with Crippen LogP contribution in [0.15, 0.2) is 48.7 Å². The molecular formula is C22H27N3O4. The van der Waals surface area contributed by atoms with Crippen molar-refractivity contribution in [2.45, 2.75) is 25.9 Å². The van der Waals surface area contributed by atoms with E-state index in [9.17, 15) is 9.59 Å². The second-order valence-electron chi connectivity index (χ2n) is 7.19. The molecule has 29 heavy (non-hydrogen) atoms. The van der Waals surface area contributed by atoms with E-state index in [-0.39, 0.29) is 25.2 Å². The molecule has 0 unspecified atom stereocenters. The average Bonchev–Trinajstić information content (AvgIpc) is 2.77. The molecule has 3 rings (SSSR count). The van der Waals surface area contributed by atoms with Gasteiger partial charge in [-0.3, -0.25) is 9.78 Å².